The van der Waals surface area contributed by atoms with E-state index in [9.17, 15) is 19.5 Å². The molecule has 2 aliphatic heterocycles. The third-order valence-electron chi connectivity index (χ3n) is 8.58. The average molecular weight is 628 g/mol. The van der Waals surface area contributed by atoms with E-state index in [-0.39, 0.29) is 24.1 Å². The molecule has 0 unspecified atom stereocenters. The van der Waals surface area contributed by atoms with Crippen LogP contribution in [0.2, 0.25) is 0 Å². The monoisotopic (exact) mass is 627 g/mol. The van der Waals surface area contributed by atoms with Crippen LogP contribution in [0.15, 0.2) is 71.8 Å². The van der Waals surface area contributed by atoms with E-state index in [1.165, 1.54) is 11.0 Å². The molecule has 4 heterocycles. The van der Waals surface area contributed by atoms with Gasteiger partial charge in [0.1, 0.15) is 19.0 Å². The largest absolute Gasteiger partial charge is 0.497 e. The van der Waals surface area contributed by atoms with Crippen LogP contribution in [0.1, 0.15) is 34.3 Å². The predicted octanol–water partition coefficient (Wildman–Crippen LogP) is 3.75. The first kappa shape index (κ1) is 30.9. The molecule has 0 bridgehead atoms. The maximum absolute atomic E-state index is 13.4. The number of piperidine rings is 1. The molecule has 1 fully saturated rings. The maximum Gasteiger partial charge on any atom is 0.407 e. The Labute approximate surface area is 266 Å². The minimum atomic E-state index is -0.954. The first-order valence-corrected chi connectivity index (χ1v) is 15.4. The Kier molecular flexibility index (Phi) is 9.34. The number of amides is 2. The van der Waals surface area contributed by atoms with Crippen LogP contribution in [0, 0.1) is 0 Å². The number of carboxylic acid groups (broad SMARTS) is 1. The van der Waals surface area contributed by atoms with Gasteiger partial charge in [0.25, 0.3) is 11.5 Å². The van der Waals surface area contributed by atoms with E-state index in [1.807, 2.05) is 24.3 Å². The van der Waals surface area contributed by atoms with Crippen molar-refractivity contribution >= 4 is 22.9 Å². The normalized spacial score (nSPS) is 15.0. The number of nitrogens with zero attached hydrogens (tertiary/aromatic N) is 4. The molecule has 2 N–H and O–H groups in total. The highest BCUT2D eigenvalue weighted by molar-refractivity contribution is 6.06. The molecular formula is C34H37N5O7. The quantitative estimate of drug-likeness (QED) is 0.270. The highest BCUT2D eigenvalue weighted by Crippen LogP contribution is 2.32. The number of likely N-dealkylation sites (tertiary alicyclic amines) is 1. The van der Waals surface area contributed by atoms with Crippen LogP contribution in [-0.2, 0) is 19.6 Å². The molecule has 4 aromatic rings. The Hall–Kier alpha value is -5.10. The molecule has 0 radical (unpaired) electrons. The number of ether oxygens (including phenoxy) is 3. The van der Waals surface area contributed by atoms with Gasteiger partial charge < -0.3 is 39.0 Å². The first-order chi connectivity index (χ1) is 22.4. The summed E-state index contributed by atoms with van der Waals surface area (Å²) in [4.78, 5) is 46.7. The Morgan fingerprint density at radius 2 is 1.83 bits per heavy atom. The predicted molar refractivity (Wildman–Crippen MR) is 171 cm³/mol. The van der Waals surface area contributed by atoms with Crippen molar-refractivity contribution in [2.75, 3.05) is 40.0 Å². The van der Waals surface area contributed by atoms with Gasteiger partial charge in [-0.1, -0.05) is 12.1 Å². The lowest BCUT2D eigenvalue weighted by molar-refractivity contribution is 0.0855. The van der Waals surface area contributed by atoms with Gasteiger partial charge in [0.05, 0.1) is 18.2 Å². The summed E-state index contributed by atoms with van der Waals surface area (Å²) in [6.45, 7) is 3.92. The summed E-state index contributed by atoms with van der Waals surface area (Å²) in [5.74, 6) is 1.56. The van der Waals surface area contributed by atoms with Crippen molar-refractivity contribution in [1.29, 1.82) is 0 Å². The van der Waals surface area contributed by atoms with E-state index in [1.54, 1.807) is 48.3 Å². The molecule has 2 amide bonds. The number of rotatable bonds is 10. The van der Waals surface area contributed by atoms with Gasteiger partial charge in [-0.05, 0) is 54.3 Å². The summed E-state index contributed by atoms with van der Waals surface area (Å²) in [6.07, 6.45) is 3.75. The van der Waals surface area contributed by atoms with Crippen molar-refractivity contribution in [3.05, 3.63) is 94.0 Å². The zero-order chi connectivity index (χ0) is 32.0. The minimum absolute atomic E-state index is 0.126. The van der Waals surface area contributed by atoms with Gasteiger partial charge in [0.15, 0.2) is 11.5 Å². The van der Waals surface area contributed by atoms with Crippen molar-refractivity contribution in [3.8, 4) is 17.2 Å². The van der Waals surface area contributed by atoms with Crippen molar-refractivity contribution in [2.24, 2.45) is 0 Å². The smallest absolute Gasteiger partial charge is 0.407 e. The lowest BCUT2D eigenvalue weighted by Crippen LogP contribution is -2.47. The van der Waals surface area contributed by atoms with E-state index in [2.05, 4.69) is 15.2 Å². The molecule has 12 nitrogen and oxygen atoms in total. The number of methoxy groups -OCH3 is 1. The van der Waals surface area contributed by atoms with Crippen LogP contribution in [-0.4, -0.2) is 82.5 Å². The summed E-state index contributed by atoms with van der Waals surface area (Å²) in [5.41, 5.74) is 2.34. The van der Waals surface area contributed by atoms with E-state index < -0.39 is 6.09 Å². The van der Waals surface area contributed by atoms with E-state index in [4.69, 9.17) is 14.2 Å². The van der Waals surface area contributed by atoms with Crippen LogP contribution in [0.3, 0.4) is 0 Å². The lowest BCUT2D eigenvalue weighted by Gasteiger charge is -2.37. The molecular weight excluding hydrogens is 590 g/mol. The second-order valence-corrected chi connectivity index (χ2v) is 11.4. The Balaban J connectivity index is 1.12. The lowest BCUT2D eigenvalue weighted by atomic mass is 10.0. The number of pyridine rings is 2. The molecule has 0 atom stereocenters. The van der Waals surface area contributed by atoms with Crippen molar-refractivity contribution < 1.29 is 28.9 Å². The second kappa shape index (κ2) is 13.9. The zero-order valence-electron chi connectivity index (χ0n) is 25.7. The number of hydrogen-bond donors (Lipinski definition) is 2. The number of carbonyl (C=O) groups is 2. The molecule has 0 aliphatic carbocycles. The summed E-state index contributed by atoms with van der Waals surface area (Å²) >= 11 is 0. The fourth-order valence-corrected chi connectivity index (χ4v) is 6.12. The third-order valence-corrected chi connectivity index (χ3v) is 8.58. The van der Waals surface area contributed by atoms with Gasteiger partial charge in [-0.15, -0.1) is 0 Å². The van der Waals surface area contributed by atoms with Crippen molar-refractivity contribution in [2.45, 2.75) is 38.5 Å². The number of aromatic nitrogens is 2. The number of carbonyl (C=O) groups excluding carboxylic acids is 1. The van der Waals surface area contributed by atoms with Gasteiger partial charge >= 0.3 is 6.09 Å². The fraction of sp³-hybridized carbons (Fsp3) is 0.353. The topological polar surface area (TPSA) is 135 Å². The molecule has 0 spiro atoms. The number of hydrogen-bond acceptors (Lipinski definition) is 8. The standard InChI is InChI=1S/C34H37N5O7/c1-44-26-5-6-27-28(33(41)36-21-24-3-2-10-35-20-24)19-32(40)38(29(27)18-26)14-13-37-11-8-25(9-12-37)39(34(42)43)22-23-4-7-30-31(17-23)46-16-15-45-30/h2-7,10,17-20,25H,8-9,11-16,21-22H2,1H3,(H,36,41)(H,42,43). The summed E-state index contributed by atoms with van der Waals surface area (Å²) in [7, 11) is 1.56. The molecule has 2 aromatic carbocycles. The van der Waals surface area contributed by atoms with Gasteiger partial charge in [-0.3, -0.25) is 14.6 Å². The molecule has 240 valence electrons. The van der Waals surface area contributed by atoms with Crippen LogP contribution in [0.5, 0.6) is 17.2 Å². The third kappa shape index (κ3) is 6.91. The van der Waals surface area contributed by atoms with Crippen molar-refractivity contribution in [1.82, 2.24) is 24.7 Å². The van der Waals surface area contributed by atoms with Crippen LogP contribution < -0.4 is 25.1 Å². The summed E-state index contributed by atoms with van der Waals surface area (Å²) in [5, 5.41) is 13.6. The number of benzene rings is 2. The van der Waals surface area contributed by atoms with Gasteiger partial charge in [-0.2, -0.15) is 0 Å². The average Bonchev–Trinajstić information content (AvgIpc) is 3.09. The number of nitrogens with one attached hydrogen (secondary N) is 1. The molecule has 1 saturated heterocycles. The zero-order valence-corrected chi connectivity index (χ0v) is 25.7. The highest BCUT2D eigenvalue weighted by Gasteiger charge is 2.28. The van der Waals surface area contributed by atoms with Gasteiger partial charge in [0, 0.05) is 75.2 Å². The highest BCUT2D eigenvalue weighted by atomic mass is 16.6. The Bertz CT molecular complexity index is 1770. The summed E-state index contributed by atoms with van der Waals surface area (Å²) in [6, 6.07) is 15.9. The number of fused-ring (bicyclic) bond motifs is 2. The van der Waals surface area contributed by atoms with Gasteiger partial charge in [-0.25, -0.2) is 4.79 Å². The molecule has 2 aromatic heterocycles. The maximum atomic E-state index is 13.4. The molecule has 6 rings (SSSR count). The second-order valence-electron chi connectivity index (χ2n) is 11.4. The Morgan fingerprint density at radius 3 is 2.57 bits per heavy atom. The van der Waals surface area contributed by atoms with E-state index in [0.717, 1.165) is 11.1 Å². The fourth-order valence-electron chi connectivity index (χ4n) is 6.12. The molecule has 2 aliphatic rings. The van der Waals surface area contributed by atoms with E-state index >= 15 is 0 Å². The van der Waals surface area contributed by atoms with Crippen LogP contribution in [0.25, 0.3) is 10.9 Å². The SMILES string of the molecule is COc1ccc2c(C(=O)NCc3cccnc3)cc(=O)n(CCN3CCC(N(Cc4ccc5c(c4)OCCO5)C(=O)O)CC3)c2c1. The van der Waals surface area contributed by atoms with Gasteiger partial charge in [0.2, 0.25) is 0 Å². The summed E-state index contributed by atoms with van der Waals surface area (Å²) < 4.78 is 18.4. The van der Waals surface area contributed by atoms with Crippen LogP contribution in [0.4, 0.5) is 4.79 Å². The minimum Gasteiger partial charge on any atom is -0.497 e. The van der Waals surface area contributed by atoms with E-state index in [0.29, 0.717) is 92.5 Å². The van der Waals surface area contributed by atoms with Crippen molar-refractivity contribution in [3.63, 3.8) is 0 Å². The molecule has 46 heavy (non-hydrogen) atoms. The van der Waals surface area contributed by atoms with Crippen LogP contribution >= 0.6 is 0 Å². The molecule has 12 heteroatoms. The Morgan fingerprint density at radius 1 is 1.02 bits per heavy atom. The molecule has 0 saturated carbocycles. The first-order valence-electron chi connectivity index (χ1n) is 15.4.